The van der Waals surface area contributed by atoms with E-state index in [0.717, 1.165) is 19.4 Å². The van der Waals surface area contributed by atoms with Crippen LogP contribution in [0.5, 0.6) is 0 Å². The fourth-order valence-corrected chi connectivity index (χ4v) is 4.37. The number of Topliss-reactive ketones (excluding diaryl/α,β-unsaturated/α-hetero) is 1. The number of hydrogen-bond acceptors (Lipinski definition) is 2. The Labute approximate surface area is 156 Å². The van der Waals surface area contributed by atoms with Crippen LogP contribution in [0, 0.1) is 6.92 Å². The van der Waals surface area contributed by atoms with Crippen molar-refractivity contribution in [3.8, 4) is 0 Å². The maximum atomic E-state index is 11.5. The van der Waals surface area contributed by atoms with E-state index in [-0.39, 0.29) is 10.5 Å². The van der Waals surface area contributed by atoms with Crippen molar-refractivity contribution < 1.29 is 9.36 Å². The first-order valence-corrected chi connectivity index (χ1v) is 9.96. The number of ketones is 1. The molecule has 0 amide bonds. The average molecular weight is 360 g/mol. The van der Waals surface area contributed by atoms with Crippen LogP contribution >= 0.6 is 11.8 Å². The summed E-state index contributed by atoms with van der Waals surface area (Å²) in [6.45, 7) is 7.23. The van der Waals surface area contributed by atoms with Gasteiger partial charge in [0.25, 0.3) is 5.82 Å². The van der Waals surface area contributed by atoms with Crippen LogP contribution in [-0.4, -0.2) is 15.1 Å². The van der Waals surface area contributed by atoms with Gasteiger partial charge in [-0.05, 0) is 44.7 Å². The number of nitrogens with zero attached hydrogens (tertiary/aromatic N) is 2. The molecule has 0 spiro atoms. The highest BCUT2D eigenvalue weighted by atomic mass is 32.2. The lowest BCUT2D eigenvalue weighted by atomic mass is 9.96. The second-order valence-corrected chi connectivity index (χ2v) is 8.83. The molecule has 1 atom stereocenters. The molecule has 0 saturated heterocycles. The minimum absolute atomic E-state index is 0.115. The Hall–Kier alpha value is -1.55. The van der Waals surface area contributed by atoms with E-state index in [4.69, 9.17) is 0 Å². The maximum absolute atomic E-state index is 11.5. The van der Waals surface area contributed by atoms with Crippen LogP contribution in [0.4, 0.5) is 0 Å². The highest BCUT2D eigenvalue weighted by molar-refractivity contribution is 8.00. The van der Waals surface area contributed by atoms with Gasteiger partial charge in [-0.15, -0.1) is 11.8 Å². The summed E-state index contributed by atoms with van der Waals surface area (Å²) >= 11 is 1.92. The topological polar surface area (TPSA) is 25.9 Å². The lowest BCUT2D eigenvalue weighted by molar-refractivity contribution is -0.677. The molecule has 4 heteroatoms. The van der Waals surface area contributed by atoms with E-state index in [1.807, 2.05) is 11.8 Å². The van der Waals surface area contributed by atoms with Gasteiger partial charge in [0.2, 0.25) is 0 Å². The number of aromatic nitrogens is 2. The largest absolute Gasteiger partial charge is 0.300 e. The Morgan fingerprint density at radius 1 is 1.20 bits per heavy atom. The quantitative estimate of drug-likeness (QED) is 0.349. The molecule has 3 nitrogen and oxygen atoms in total. The minimum Gasteiger partial charge on any atom is -0.300 e. The first-order valence-electron chi connectivity index (χ1n) is 9.14. The lowest BCUT2D eigenvalue weighted by Gasteiger charge is -2.29. The summed E-state index contributed by atoms with van der Waals surface area (Å²) in [5.74, 6) is 1.58. The Balaban J connectivity index is 1.90. The highest BCUT2D eigenvalue weighted by Gasteiger charge is 2.25. The number of carbonyl (C=O) groups is 1. The van der Waals surface area contributed by atoms with Crippen molar-refractivity contribution in [3.63, 3.8) is 0 Å². The van der Waals surface area contributed by atoms with Gasteiger partial charge in [0.15, 0.2) is 0 Å². The number of thioether (sulfide) groups is 1. The van der Waals surface area contributed by atoms with Crippen LogP contribution in [0.1, 0.15) is 51.8 Å². The predicted octanol–water partition coefficient (Wildman–Crippen LogP) is 4.71. The summed E-state index contributed by atoms with van der Waals surface area (Å²) in [5.41, 5.74) is 0. The molecule has 1 unspecified atom stereocenters. The molecule has 136 valence electrons. The third-order valence-electron chi connectivity index (χ3n) is 4.86. The van der Waals surface area contributed by atoms with E-state index in [1.54, 1.807) is 6.92 Å². The average Bonchev–Trinajstić information content (AvgIpc) is 2.90. The molecule has 0 aliphatic heterocycles. The molecule has 0 N–H and O–H groups in total. The Morgan fingerprint density at radius 3 is 2.52 bits per heavy atom. The maximum Gasteiger partial charge on any atom is 0.253 e. The molecule has 1 heterocycles. The molecule has 0 bridgehead atoms. The van der Waals surface area contributed by atoms with Gasteiger partial charge in [0.1, 0.15) is 18.2 Å². The lowest BCUT2D eigenvalue weighted by Crippen LogP contribution is -2.29. The number of imidazole rings is 1. The summed E-state index contributed by atoms with van der Waals surface area (Å²) in [5, 5.41) is 0. The zero-order valence-electron chi connectivity index (χ0n) is 16.0. The van der Waals surface area contributed by atoms with E-state index in [9.17, 15) is 4.79 Å². The van der Waals surface area contributed by atoms with Gasteiger partial charge in [-0.1, -0.05) is 25.1 Å². The highest BCUT2D eigenvalue weighted by Crippen LogP contribution is 2.40. The molecular formula is C21H31N2OS+. The van der Waals surface area contributed by atoms with Gasteiger partial charge >= 0.3 is 0 Å². The summed E-state index contributed by atoms with van der Waals surface area (Å²) in [4.78, 5) is 12.8. The van der Waals surface area contributed by atoms with Gasteiger partial charge in [-0.25, -0.2) is 9.13 Å². The Morgan fingerprint density at radius 2 is 1.92 bits per heavy atom. The summed E-state index contributed by atoms with van der Waals surface area (Å²) in [6, 6.07) is 10.6. The second kappa shape index (κ2) is 9.23. The molecule has 0 saturated carbocycles. The van der Waals surface area contributed by atoms with Crippen molar-refractivity contribution in [2.45, 2.75) is 69.1 Å². The van der Waals surface area contributed by atoms with Gasteiger partial charge in [0, 0.05) is 23.0 Å². The van der Waals surface area contributed by atoms with Crippen LogP contribution in [-0.2, 0) is 18.4 Å². The molecule has 0 aliphatic rings. The van der Waals surface area contributed by atoms with Crippen molar-refractivity contribution in [1.82, 2.24) is 4.57 Å². The van der Waals surface area contributed by atoms with Crippen LogP contribution in [0.3, 0.4) is 0 Å². The third kappa shape index (κ3) is 6.35. The summed E-state index contributed by atoms with van der Waals surface area (Å²) < 4.78 is 4.59. The monoisotopic (exact) mass is 359 g/mol. The first kappa shape index (κ1) is 19.8. The van der Waals surface area contributed by atoms with E-state index in [1.165, 1.54) is 23.6 Å². The van der Waals surface area contributed by atoms with E-state index in [2.05, 4.69) is 72.8 Å². The van der Waals surface area contributed by atoms with E-state index in [0.29, 0.717) is 6.42 Å². The van der Waals surface area contributed by atoms with E-state index >= 15 is 0 Å². The van der Waals surface area contributed by atoms with Crippen LogP contribution in [0.2, 0.25) is 0 Å². The fraction of sp³-hybridized carbons (Fsp3) is 0.524. The molecule has 2 rings (SSSR count). The molecule has 0 aliphatic carbocycles. The van der Waals surface area contributed by atoms with Crippen molar-refractivity contribution in [1.29, 1.82) is 0 Å². The van der Waals surface area contributed by atoms with Crippen molar-refractivity contribution >= 4 is 17.5 Å². The van der Waals surface area contributed by atoms with Crippen LogP contribution < -0.4 is 4.57 Å². The molecule has 1 aromatic carbocycles. The third-order valence-corrected chi connectivity index (χ3v) is 6.27. The van der Waals surface area contributed by atoms with Gasteiger partial charge in [0.05, 0.1) is 13.6 Å². The number of unbranched alkanes of at least 4 members (excludes halogenated alkanes) is 1. The number of aryl methyl sites for hydroxylation is 2. The number of rotatable bonds is 10. The number of hydrogen-bond donors (Lipinski definition) is 0. The van der Waals surface area contributed by atoms with Crippen molar-refractivity contribution in [2.75, 3.05) is 0 Å². The minimum atomic E-state index is 0.115. The van der Waals surface area contributed by atoms with Crippen LogP contribution in [0.25, 0.3) is 0 Å². The normalized spacial score (nSPS) is 13.6. The van der Waals surface area contributed by atoms with E-state index < -0.39 is 0 Å². The molecule has 25 heavy (non-hydrogen) atoms. The van der Waals surface area contributed by atoms with Gasteiger partial charge in [-0.3, -0.25) is 0 Å². The Bertz CT molecular complexity index is 680. The van der Waals surface area contributed by atoms with Crippen LogP contribution in [0.15, 0.2) is 47.6 Å². The zero-order valence-corrected chi connectivity index (χ0v) is 16.8. The number of benzene rings is 1. The molecule has 1 aromatic heterocycles. The van der Waals surface area contributed by atoms with Gasteiger partial charge < -0.3 is 4.79 Å². The smallest absolute Gasteiger partial charge is 0.253 e. The first-order chi connectivity index (χ1) is 11.9. The van der Waals surface area contributed by atoms with Crippen molar-refractivity contribution in [2.24, 2.45) is 7.05 Å². The molecule has 2 aromatic rings. The molecule has 0 radical (unpaired) electrons. The standard InChI is InChI=1S/C21H31N2OS/c1-18(24)12-14-21(3,25-20-10-6-5-7-11-20)13-8-9-15-23-17-16-22(4)19(23)2/h5-7,10-11,16-17H,8-9,12-15H2,1-4H3/q+1. The molecule has 0 fully saturated rings. The van der Waals surface area contributed by atoms with Gasteiger partial charge in [-0.2, -0.15) is 0 Å². The Kier molecular flexibility index (Phi) is 7.30. The summed E-state index contributed by atoms with van der Waals surface area (Å²) in [7, 11) is 2.08. The molecular weight excluding hydrogens is 328 g/mol. The SMILES string of the molecule is CC(=O)CCC(C)(CCCCn1cc[n+](C)c1C)Sc1ccccc1. The summed E-state index contributed by atoms with van der Waals surface area (Å²) in [6.07, 6.45) is 9.35. The van der Waals surface area contributed by atoms with Crippen molar-refractivity contribution in [3.05, 3.63) is 48.5 Å². The fourth-order valence-electron chi connectivity index (χ4n) is 3.06. The zero-order chi connectivity index (χ0) is 18.3. The predicted molar refractivity (Wildman–Crippen MR) is 105 cm³/mol. The number of carbonyl (C=O) groups excluding carboxylic acids is 1. The second-order valence-electron chi connectivity index (χ2n) is 7.17.